The molecule has 4 heteroatoms. The van der Waals surface area contributed by atoms with E-state index in [9.17, 15) is 5.11 Å². The van der Waals surface area contributed by atoms with Crippen LogP contribution in [0.2, 0.25) is 0 Å². The molecule has 2 fully saturated rings. The van der Waals surface area contributed by atoms with Gasteiger partial charge in [-0.1, -0.05) is 0 Å². The van der Waals surface area contributed by atoms with Crippen LogP contribution in [0.25, 0.3) is 0 Å². The van der Waals surface area contributed by atoms with Gasteiger partial charge in [0.05, 0.1) is 0 Å². The SMILES string of the molecule is CC(C)(C)c1cc([CH]=[Co]2[NH]C3CCCCC3[NH]2)c(O)c(C(C)(C)C)c1. The van der Waals surface area contributed by atoms with Crippen molar-refractivity contribution in [1.82, 2.24) is 8.73 Å². The maximum absolute atomic E-state index is 11.0. The third kappa shape index (κ3) is 4.18. The number of phenols is 1. The molecule has 2 aliphatic rings. The molecule has 1 aliphatic carbocycles. The zero-order chi connectivity index (χ0) is 18.4. The Kier molecular flexibility index (Phi) is 5.19. The first-order valence-electron chi connectivity index (χ1n) is 9.42. The van der Waals surface area contributed by atoms with Crippen LogP contribution in [0.15, 0.2) is 12.1 Å². The normalized spacial score (nSPS) is 25.8. The first-order chi connectivity index (χ1) is 11.6. The quantitative estimate of drug-likeness (QED) is 0.678. The minimum absolute atomic E-state index is 0.0633. The average molecular weight is 389 g/mol. The molecule has 1 aromatic rings. The standard InChI is InChI=1S/C15H22O.C6H12N2.Co/c1-10-8-11(14(2,3)4)9-12(13(10)16)15(5,6)7;7-5-3-1-2-4-6(5)8;/h1,8-9,16H,2-7H3;5-8H,1-4H2;/q;-2;+2. The van der Waals surface area contributed by atoms with Gasteiger partial charge in [-0.05, 0) is 0 Å². The molecular formula is C21H34CoN2O. The summed E-state index contributed by atoms with van der Waals surface area (Å²) in [5, 5.41) is 11.0. The van der Waals surface area contributed by atoms with Crippen molar-refractivity contribution in [2.24, 2.45) is 0 Å². The molecular weight excluding hydrogens is 355 g/mol. The molecule has 1 aromatic carbocycles. The summed E-state index contributed by atoms with van der Waals surface area (Å²) >= 11 is -0.544. The summed E-state index contributed by atoms with van der Waals surface area (Å²) < 4.78 is 7.54. The number of aromatic hydroxyl groups is 1. The summed E-state index contributed by atoms with van der Waals surface area (Å²) in [6.45, 7) is 13.2. The molecule has 143 valence electrons. The van der Waals surface area contributed by atoms with Crippen LogP contribution in [-0.2, 0) is 24.5 Å². The van der Waals surface area contributed by atoms with Gasteiger partial charge >= 0.3 is 157 Å². The van der Waals surface area contributed by atoms with Crippen molar-refractivity contribution in [2.75, 3.05) is 0 Å². The second kappa shape index (κ2) is 6.80. The second-order valence-corrected chi connectivity index (χ2v) is 11.3. The third-order valence-electron chi connectivity index (χ3n) is 5.23. The molecule has 3 N–H and O–H groups in total. The van der Waals surface area contributed by atoms with Crippen molar-refractivity contribution in [3.05, 3.63) is 28.8 Å². The van der Waals surface area contributed by atoms with Gasteiger partial charge in [0.1, 0.15) is 0 Å². The first-order valence-corrected chi connectivity index (χ1v) is 11.1. The van der Waals surface area contributed by atoms with Gasteiger partial charge in [-0.3, -0.25) is 0 Å². The van der Waals surface area contributed by atoms with Crippen LogP contribution in [-0.4, -0.2) is 22.1 Å². The molecule has 1 saturated carbocycles. The second-order valence-electron chi connectivity index (χ2n) is 9.52. The molecule has 1 aliphatic heterocycles. The van der Waals surface area contributed by atoms with Gasteiger partial charge in [-0.15, -0.1) is 0 Å². The van der Waals surface area contributed by atoms with Crippen LogP contribution in [0.5, 0.6) is 5.75 Å². The summed E-state index contributed by atoms with van der Waals surface area (Å²) in [4.78, 5) is 2.24. The van der Waals surface area contributed by atoms with E-state index >= 15 is 0 Å². The molecule has 3 rings (SSSR count). The third-order valence-corrected chi connectivity index (χ3v) is 7.28. The number of nitrogens with one attached hydrogen (secondary N) is 2. The van der Waals surface area contributed by atoms with Crippen LogP contribution < -0.4 is 8.73 Å². The van der Waals surface area contributed by atoms with Crippen molar-refractivity contribution < 1.29 is 18.8 Å². The minimum atomic E-state index is -0.544. The molecule has 3 nitrogen and oxygen atoms in total. The number of benzene rings is 1. The summed E-state index contributed by atoms with van der Waals surface area (Å²) in [6, 6.07) is 5.57. The maximum atomic E-state index is 11.0. The molecule has 2 unspecified atom stereocenters. The Labute approximate surface area is 157 Å². The number of fused-ring (bicyclic) bond motifs is 1. The van der Waals surface area contributed by atoms with E-state index in [1.165, 1.54) is 31.2 Å². The van der Waals surface area contributed by atoms with Crippen LogP contribution >= 0.6 is 0 Å². The number of hydrogen-bond donors (Lipinski definition) is 3. The molecule has 0 bridgehead atoms. The fraction of sp³-hybridized carbons (Fsp3) is 0.667. The monoisotopic (exact) mass is 389 g/mol. The Hall–Kier alpha value is -0.684. The summed E-state index contributed by atoms with van der Waals surface area (Å²) in [7, 11) is 0. The van der Waals surface area contributed by atoms with Crippen LogP contribution in [0.4, 0.5) is 0 Å². The van der Waals surface area contributed by atoms with Crippen molar-refractivity contribution in [2.45, 2.75) is 90.1 Å². The van der Waals surface area contributed by atoms with E-state index in [0.717, 1.165) is 11.1 Å². The zero-order valence-electron chi connectivity index (χ0n) is 16.5. The van der Waals surface area contributed by atoms with Gasteiger partial charge in [0.2, 0.25) is 0 Å². The predicted octanol–water partition coefficient (Wildman–Crippen LogP) is 4.09. The van der Waals surface area contributed by atoms with E-state index in [2.05, 4.69) is 67.4 Å². The van der Waals surface area contributed by atoms with Crippen molar-refractivity contribution in [3.8, 4) is 5.75 Å². The van der Waals surface area contributed by atoms with E-state index in [-0.39, 0.29) is 10.8 Å². The van der Waals surface area contributed by atoms with E-state index in [4.69, 9.17) is 0 Å². The molecule has 1 heterocycles. The zero-order valence-corrected chi connectivity index (χ0v) is 17.5. The van der Waals surface area contributed by atoms with Gasteiger partial charge in [-0.2, -0.15) is 0 Å². The van der Waals surface area contributed by atoms with Gasteiger partial charge in [-0.25, -0.2) is 0 Å². The Morgan fingerprint density at radius 2 is 1.52 bits per heavy atom. The van der Waals surface area contributed by atoms with Gasteiger partial charge in [0.25, 0.3) is 0 Å². The number of rotatable bonds is 1. The topological polar surface area (TPSA) is 44.3 Å². The fourth-order valence-electron chi connectivity index (χ4n) is 3.55. The van der Waals surface area contributed by atoms with E-state index in [1.807, 2.05) is 0 Å². The molecule has 0 amide bonds. The summed E-state index contributed by atoms with van der Waals surface area (Å²) in [6.07, 6.45) is 5.20. The van der Waals surface area contributed by atoms with Crippen molar-refractivity contribution in [3.63, 3.8) is 0 Å². The molecule has 25 heavy (non-hydrogen) atoms. The molecule has 1 saturated heterocycles. The molecule has 0 radical (unpaired) electrons. The van der Waals surface area contributed by atoms with Gasteiger partial charge < -0.3 is 0 Å². The van der Waals surface area contributed by atoms with E-state index < -0.39 is 13.7 Å². The predicted molar refractivity (Wildman–Crippen MR) is 103 cm³/mol. The number of phenolic OH excluding ortho intramolecular Hbond substituents is 1. The summed E-state index contributed by atoms with van der Waals surface area (Å²) in [5.41, 5.74) is 3.28. The number of hydrogen-bond acceptors (Lipinski definition) is 3. The van der Waals surface area contributed by atoms with Gasteiger partial charge in [0.15, 0.2) is 0 Å². The van der Waals surface area contributed by atoms with Crippen LogP contribution in [0, 0.1) is 0 Å². The Morgan fingerprint density at radius 1 is 0.960 bits per heavy atom. The van der Waals surface area contributed by atoms with Crippen LogP contribution in [0.1, 0.15) is 83.9 Å². The fourth-order valence-corrected chi connectivity index (χ4v) is 5.91. The van der Waals surface area contributed by atoms with Gasteiger partial charge in [0, 0.05) is 0 Å². The summed E-state index contributed by atoms with van der Waals surface area (Å²) in [5.74, 6) is 0.445. The van der Waals surface area contributed by atoms with E-state index in [0.29, 0.717) is 17.8 Å². The van der Waals surface area contributed by atoms with E-state index in [1.54, 1.807) is 0 Å². The van der Waals surface area contributed by atoms with Crippen LogP contribution in [0.3, 0.4) is 0 Å². The van der Waals surface area contributed by atoms with Crippen molar-refractivity contribution >= 4 is 4.96 Å². The molecule has 0 spiro atoms. The van der Waals surface area contributed by atoms with Crippen molar-refractivity contribution in [1.29, 1.82) is 0 Å². The first kappa shape index (κ1) is 19.1. The Balaban J connectivity index is 2.02. The molecule has 2 atom stereocenters. The average Bonchev–Trinajstić information content (AvgIpc) is 2.89. The Bertz CT molecular complexity index is 666. The Morgan fingerprint density at radius 3 is 2.00 bits per heavy atom. The molecule has 0 aromatic heterocycles.